The summed E-state index contributed by atoms with van der Waals surface area (Å²) in [6.07, 6.45) is 0. The van der Waals surface area contributed by atoms with Gasteiger partial charge in [0.25, 0.3) is 0 Å². The van der Waals surface area contributed by atoms with E-state index in [-0.39, 0.29) is 5.97 Å². The number of hydrogen-bond acceptors (Lipinski definition) is 5. The summed E-state index contributed by atoms with van der Waals surface area (Å²) in [5.74, 6) is 0.952. The van der Waals surface area contributed by atoms with Gasteiger partial charge in [-0.1, -0.05) is 91.0 Å². The highest BCUT2D eigenvalue weighted by atomic mass is 16.5. The Balaban J connectivity index is 1.64. The summed E-state index contributed by atoms with van der Waals surface area (Å²) in [6.45, 7) is 3.21. The Morgan fingerprint density at radius 1 is 0.694 bits per heavy atom. The van der Waals surface area contributed by atoms with Crippen LogP contribution in [0.2, 0.25) is 0 Å². The molecule has 1 atom stereocenters. The van der Waals surface area contributed by atoms with Crippen LogP contribution in [-0.2, 0) is 29.3 Å². The lowest BCUT2D eigenvalue weighted by Gasteiger charge is -2.30. The molecule has 0 bridgehead atoms. The van der Waals surface area contributed by atoms with Crippen molar-refractivity contribution in [2.75, 3.05) is 12.0 Å². The lowest BCUT2D eigenvalue weighted by Crippen LogP contribution is -2.39. The molecule has 184 valence electrons. The van der Waals surface area contributed by atoms with Crippen molar-refractivity contribution in [3.8, 4) is 11.5 Å². The van der Waals surface area contributed by atoms with Crippen molar-refractivity contribution >= 4 is 11.7 Å². The van der Waals surface area contributed by atoms with E-state index in [1.54, 1.807) is 0 Å². The van der Waals surface area contributed by atoms with Crippen molar-refractivity contribution in [1.82, 2.24) is 0 Å². The molecule has 0 saturated heterocycles. The molecule has 0 aliphatic heterocycles. The summed E-state index contributed by atoms with van der Waals surface area (Å²) >= 11 is 0. The van der Waals surface area contributed by atoms with Crippen LogP contribution in [0.1, 0.15) is 23.6 Å². The number of benzene rings is 4. The van der Waals surface area contributed by atoms with E-state index in [9.17, 15) is 4.79 Å². The van der Waals surface area contributed by atoms with Crippen LogP contribution in [0.4, 0.5) is 5.69 Å². The van der Waals surface area contributed by atoms with Crippen LogP contribution in [0.5, 0.6) is 11.5 Å². The minimum atomic E-state index is -0.492. The predicted octanol–water partition coefficient (Wildman–Crippen LogP) is 6.41. The van der Waals surface area contributed by atoms with Gasteiger partial charge in [0.05, 0.1) is 7.11 Å². The Labute approximate surface area is 212 Å². The van der Waals surface area contributed by atoms with Gasteiger partial charge in [0, 0.05) is 18.3 Å². The van der Waals surface area contributed by atoms with E-state index in [1.807, 2.05) is 121 Å². The Kier molecular flexibility index (Phi) is 8.60. The molecule has 0 aromatic heterocycles. The number of ether oxygens (including phenoxy) is 3. The lowest BCUT2D eigenvalue weighted by molar-refractivity contribution is -0.141. The average Bonchev–Trinajstić information content (AvgIpc) is 2.94. The molecule has 4 aromatic rings. The first-order valence-electron chi connectivity index (χ1n) is 12.0. The highest BCUT2D eigenvalue weighted by Gasteiger charge is 2.24. The summed E-state index contributed by atoms with van der Waals surface area (Å²) in [7, 11) is 1.41. The molecule has 36 heavy (non-hydrogen) atoms. The molecule has 0 saturated carbocycles. The van der Waals surface area contributed by atoms with Gasteiger partial charge in [-0.05, 0) is 35.7 Å². The van der Waals surface area contributed by atoms with E-state index in [2.05, 4.69) is 0 Å². The van der Waals surface area contributed by atoms with Crippen LogP contribution in [0.3, 0.4) is 0 Å². The molecule has 5 nitrogen and oxygen atoms in total. The summed E-state index contributed by atoms with van der Waals surface area (Å²) in [4.78, 5) is 14.5. The third-order valence-electron chi connectivity index (χ3n) is 5.94. The fraction of sp³-hybridized carbons (Fsp3) is 0.194. The van der Waals surface area contributed by atoms with Crippen molar-refractivity contribution in [3.63, 3.8) is 0 Å². The highest BCUT2D eigenvalue weighted by Crippen LogP contribution is 2.35. The van der Waals surface area contributed by atoms with Gasteiger partial charge >= 0.3 is 5.97 Å². The van der Waals surface area contributed by atoms with Crippen LogP contribution in [0, 0.1) is 0 Å². The van der Waals surface area contributed by atoms with Gasteiger partial charge in [-0.25, -0.2) is 4.79 Å². The first-order chi connectivity index (χ1) is 17.6. The smallest absolute Gasteiger partial charge is 0.328 e. The second kappa shape index (κ2) is 12.5. The predicted molar refractivity (Wildman–Crippen MR) is 142 cm³/mol. The average molecular weight is 482 g/mol. The van der Waals surface area contributed by atoms with Gasteiger partial charge in [-0.15, -0.1) is 0 Å². The fourth-order valence-corrected chi connectivity index (χ4v) is 3.91. The molecule has 0 radical (unpaired) electrons. The van der Waals surface area contributed by atoms with Crippen molar-refractivity contribution in [2.24, 2.45) is 0 Å². The maximum absolute atomic E-state index is 12.5. The molecule has 0 aliphatic rings. The third kappa shape index (κ3) is 6.66. The first-order valence-corrected chi connectivity index (χ1v) is 12.0. The van der Waals surface area contributed by atoms with Gasteiger partial charge in [-0.3, -0.25) is 0 Å². The SMILES string of the molecule is COC(=O)[C@H](C)N(Cc1ccccc1)c1ccc(OCc2ccccc2)c(OCc2ccccc2)c1. The number of carbonyl (C=O) groups is 1. The Hall–Kier alpha value is -4.25. The number of carbonyl (C=O) groups excluding carboxylic acids is 1. The Bertz CT molecular complexity index is 1230. The second-order valence-electron chi connectivity index (χ2n) is 8.49. The van der Waals surface area contributed by atoms with E-state index in [0.717, 1.165) is 22.4 Å². The largest absolute Gasteiger partial charge is 0.485 e. The quantitative estimate of drug-likeness (QED) is 0.232. The lowest BCUT2D eigenvalue weighted by atomic mass is 10.1. The normalized spacial score (nSPS) is 11.4. The van der Waals surface area contributed by atoms with Gasteiger partial charge in [0.2, 0.25) is 0 Å². The monoisotopic (exact) mass is 481 g/mol. The zero-order valence-corrected chi connectivity index (χ0v) is 20.7. The van der Waals surface area contributed by atoms with Crippen LogP contribution in [0.15, 0.2) is 109 Å². The Morgan fingerprint density at radius 3 is 1.72 bits per heavy atom. The molecule has 5 heteroatoms. The summed E-state index contributed by atoms with van der Waals surface area (Å²) < 4.78 is 17.5. The van der Waals surface area contributed by atoms with E-state index >= 15 is 0 Å². The standard InChI is InChI=1S/C31H31NO4/c1-24(31(33)34-2)32(21-25-12-6-3-7-13-25)28-18-19-29(35-22-26-14-8-4-9-15-26)30(20-28)36-23-27-16-10-5-11-17-27/h3-20,24H,21-23H2,1-2H3/t24-/m0/s1. The molecular formula is C31H31NO4. The molecular weight excluding hydrogens is 450 g/mol. The van der Waals surface area contributed by atoms with Gasteiger partial charge in [-0.2, -0.15) is 0 Å². The molecule has 0 spiro atoms. The molecule has 0 fully saturated rings. The van der Waals surface area contributed by atoms with Crippen LogP contribution in [0.25, 0.3) is 0 Å². The summed E-state index contributed by atoms with van der Waals surface area (Å²) in [6, 6.07) is 35.4. The van der Waals surface area contributed by atoms with Crippen LogP contribution >= 0.6 is 0 Å². The number of esters is 1. The second-order valence-corrected chi connectivity index (χ2v) is 8.49. The maximum Gasteiger partial charge on any atom is 0.328 e. The minimum absolute atomic E-state index is 0.304. The topological polar surface area (TPSA) is 48.0 Å². The molecule has 0 heterocycles. The van der Waals surface area contributed by atoms with Crippen molar-refractivity contribution in [3.05, 3.63) is 126 Å². The van der Waals surface area contributed by atoms with E-state index < -0.39 is 6.04 Å². The number of hydrogen-bond donors (Lipinski definition) is 0. The number of methoxy groups -OCH3 is 1. The van der Waals surface area contributed by atoms with Crippen molar-refractivity contribution < 1.29 is 19.0 Å². The summed E-state index contributed by atoms with van der Waals surface area (Å²) in [5, 5.41) is 0. The first kappa shape index (κ1) is 24.9. The summed E-state index contributed by atoms with van der Waals surface area (Å²) in [5.41, 5.74) is 4.05. The number of nitrogens with zero attached hydrogens (tertiary/aromatic N) is 1. The van der Waals surface area contributed by atoms with Crippen molar-refractivity contribution in [2.45, 2.75) is 32.7 Å². The zero-order valence-electron chi connectivity index (χ0n) is 20.7. The van der Waals surface area contributed by atoms with E-state index in [0.29, 0.717) is 31.3 Å². The zero-order chi connectivity index (χ0) is 25.2. The molecule has 0 aliphatic carbocycles. The molecule has 4 aromatic carbocycles. The van der Waals surface area contributed by atoms with E-state index in [4.69, 9.17) is 14.2 Å². The van der Waals surface area contributed by atoms with Gasteiger partial charge in [0.1, 0.15) is 19.3 Å². The number of anilines is 1. The molecule has 0 amide bonds. The minimum Gasteiger partial charge on any atom is -0.485 e. The number of rotatable bonds is 11. The maximum atomic E-state index is 12.5. The fourth-order valence-electron chi connectivity index (χ4n) is 3.91. The molecule has 0 N–H and O–H groups in total. The van der Waals surface area contributed by atoms with Gasteiger partial charge in [0.15, 0.2) is 11.5 Å². The third-order valence-corrected chi connectivity index (χ3v) is 5.94. The Morgan fingerprint density at radius 2 is 1.19 bits per heavy atom. The van der Waals surface area contributed by atoms with Crippen LogP contribution in [-0.4, -0.2) is 19.1 Å². The van der Waals surface area contributed by atoms with Crippen LogP contribution < -0.4 is 14.4 Å². The van der Waals surface area contributed by atoms with Gasteiger partial charge < -0.3 is 19.1 Å². The molecule has 4 rings (SSSR count). The van der Waals surface area contributed by atoms with Crippen molar-refractivity contribution in [1.29, 1.82) is 0 Å². The highest BCUT2D eigenvalue weighted by molar-refractivity contribution is 5.80. The molecule has 0 unspecified atom stereocenters. The van der Waals surface area contributed by atoms with E-state index in [1.165, 1.54) is 7.11 Å².